The van der Waals surface area contributed by atoms with Crippen molar-refractivity contribution in [2.45, 2.75) is 6.92 Å². The Labute approximate surface area is 160 Å². The van der Waals surface area contributed by atoms with Gasteiger partial charge in [0.1, 0.15) is 11.8 Å². The molecule has 8 heteroatoms. The number of rotatable bonds is 6. The van der Waals surface area contributed by atoms with Gasteiger partial charge in [0.25, 0.3) is 0 Å². The maximum Gasteiger partial charge on any atom is 0.196 e. The van der Waals surface area contributed by atoms with E-state index in [1.54, 1.807) is 19.2 Å². The zero-order valence-electron chi connectivity index (χ0n) is 14.7. The highest BCUT2D eigenvalue weighted by Crippen LogP contribution is 2.29. The number of thiazole rings is 1. The van der Waals surface area contributed by atoms with E-state index in [0.29, 0.717) is 15.7 Å². The standard InChI is InChI=1S/C19H16N6OS/c1-13-18(25-23-14-6-4-3-5-7-14)27-19(21-13)17(12-20)24-22-15-8-10-16(26-2)11-9-15/h3-11,22H,1-2H3/b24-17-,25-23?. The van der Waals surface area contributed by atoms with Crippen molar-refractivity contribution < 1.29 is 4.74 Å². The first kappa shape index (κ1) is 18.2. The molecule has 3 rings (SSSR count). The maximum atomic E-state index is 9.42. The summed E-state index contributed by atoms with van der Waals surface area (Å²) in [5.74, 6) is 0.744. The molecule has 0 aliphatic heterocycles. The van der Waals surface area contributed by atoms with Gasteiger partial charge in [-0.1, -0.05) is 29.5 Å². The van der Waals surface area contributed by atoms with Crippen LogP contribution in [0.15, 0.2) is 69.9 Å². The van der Waals surface area contributed by atoms with Gasteiger partial charge in [-0.3, -0.25) is 5.43 Å². The molecule has 0 saturated carbocycles. The normalized spacial score (nSPS) is 11.4. The molecule has 0 fully saturated rings. The van der Waals surface area contributed by atoms with Gasteiger partial charge in [0, 0.05) is 0 Å². The van der Waals surface area contributed by atoms with Crippen molar-refractivity contribution in [2.75, 3.05) is 12.5 Å². The summed E-state index contributed by atoms with van der Waals surface area (Å²) in [6, 6.07) is 18.7. The van der Waals surface area contributed by atoms with Crippen molar-refractivity contribution in [3.63, 3.8) is 0 Å². The second-order valence-electron chi connectivity index (χ2n) is 5.36. The summed E-state index contributed by atoms with van der Waals surface area (Å²) in [5.41, 5.74) is 5.22. The van der Waals surface area contributed by atoms with E-state index in [1.807, 2.05) is 49.4 Å². The smallest absolute Gasteiger partial charge is 0.196 e. The summed E-state index contributed by atoms with van der Waals surface area (Å²) in [4.78, 5) is 4.39. The Bertz CT molecular complexity index is 1000. The zero-order chi connectivity index (χ0) is 19.1. The molecule has 0 saturated heterocycles. The van der Waals surface area contributed by atoms with E-state index in [4.69, 9.17) is 4.74 Å². The first-order valence-electron chi connectivity index (χ1n) is 8.02. The molecule has 1 heterocycles. The van der Waals surface area contributed by atoms with Gasteiger partial charge in [-0.15, -0.1) is 10.2 Å². The molecule has 0 spiro atoms. The number of methoxy groups -OCH3 is 1. The molecule has 1 N–H and O–H groups in total. The van der Waals surface area contributed by atoms with E-state index in [-0.39, 0.29) is 5.71 Å². The Balaban J connectivity index is 1.77. The monoisotopic (exact) mass is 376 g/mol. The number of hydrazone groups is 1. The quantitative estimate of drug-likeness (QED) is 0.363. The highest BCUT2D eigenvalue weighted by atomic mass is 32.1. The molecule has 0 bridgehead atoms. The molecular weight excluding hydrogens is 360 g/mol. The molecule has 0 aliphatic carbocycles. The number of azo groups is 1. The van der Waals surface area contributed by atoms with Crippen LogP contribution in [0, 0.1) is 18.3 Å². The average Bonchev–Trinajstić information content (AvgIpc) is 3.08. The topological polar surface area (TPSA) is 95.0 Å². The molecule has 1 aromatic heterocycles. The molecule has 27 heavy (non-hydrogen) atoms. The molecule has 0 unspecified atom stereocenters. The zero-order valence-corrected chi connectivity index (χ0v) is 15.6. The number of ether oxygens (including phenoxy) is 1. The largest absolute Gasteiger partial charge is 0.497 e. The molecule has 7 nitrogen and oxygen atoms in total. The Morgan fingerprint density at radius 1 is 1.11 bits per heavy atom. The first-order chi connectivity index (χ1) is 13.2. The molecule has 134 valence electrons. The molecule has 0 radical (unpaired) electrons. The molecule has 3 aromatic rings. The highest BCUT2D eigenvalue weighted by molar-refractivity contribution is 7.17. The van der Waals surface area contributed by atoms with E-state index in [9.17, 15) is 5.26 Å². The third kappa shape index (κ3) is 4.74. The summed E-state index contributed by atoms with van der Waals surface area (Å²) in [7, 11) is 1.60. The highest BCUT2D eigenvalue weighted by Gasteiger charge is 2.13. The van der Waals surface area contributed by atoms with Gasteiger partial charge in [0.05, 0.1) is 24.2 Å². The maximum absolute atomic E-state index is 9.42. The summed E-state index contributed by atoms with van der Waals surface area (Å²) in [5, 5.41) is 23.1. The minimum atomic E-state index is 0.181. The molecule has 0 amide bonds. The van der Waals surface area contributed by atoms with E-state index in [1.165, 1.54) is 11.3 Å². The fourth-order valence-corrected chi connectivity index (χ4v) is 2.92. The number of hydrogen-bond acceptors (Lipinski definition) is 8. The average molecular weight is 376 g/mol. The lowest BCUT2D eigenvalue weighted by Gasteiger charge is -2.02. The van der Waals surface area contributed by atoms with Crippen molar-refractivity contribution in [3.8, 4) is 11.8 Å². The van der Waals surface area contributed by atoms with Crippen LogP contribution in [0.4, 0.5) is 16.4 Å². The van der Waals surface area contributed by atoms with Gasteiger partial charge in [-0.25, -0.2) is 4.98 Å². The van der Waals surface area contributed by atoms with Crippen molar-refractivity contribution in [1.29, 1.82) is 5.26 Å². The Morgan fingerprint density at radius 3 is 2.52 bits per heavy atom. The van der Waals surface area contributed by atoms with Gasteiger partial charge in [-0.2, -0.15) is 10.4 Å². The molecular formula is C19H16N6OS. The molecule has 2 aromatic carbocycles. The van der Waals surface area contributed by atoms with Gasteiger partial charge >= 0.3 is 0 Å². The summed E-state index contributed by atoms with van der Waals surface area (Å²) < 4.78 is 5.11. The lowest BCUT2D eigenvalue weighted by molar-refractivity contribution is 0.415. The van der Waals surface area contributed by atoms with Crippen LogP contribution in [0.1, 0.15) is 10.7 Å². The fraction of sp³-hybridized carbons (Fsp3) is 0.105. The van der Waals surface area contributed by atoms with Crippen LogP contribution >= 0.6 is 11.3 Å². The third-order valence-electron chi connectivity index (χ3n) is 3.48. The van der Waals surface area contributed by atoms with Crippen LogP contribution in [0.3, 0.4) is 0 Å². The number of nitriles is 1. The van der Waals surface area contributed by atoms with Crippen molar-refractivity contribution in [2.24, 2.45) is 15.3 Å². The van der Waals surface area contributed by atoms with E-state index < -0.39 is 0 Å². The van der Waals surface area contributed by atoms with Crippen LogP contribution in [0.5, 0.6) is 5.75 Å². The number of anilines is 1. The number of aromatic nitrogens is 1. The van der Waals surface area contributed by atoms with Crippen LogP contribution in [0.2, 0.25) is 0 Å². The van der Waals surface area contributed by atoms with Crippen LogP contribution in [-0.2, 0) is 0 Å². The number of nitrogens with zero attached hydrogens (tertiary/aromatic N) is 5. The number of nitrogens with one attached hydrogen (secondary N) is 1. The first-order valence-corrected chi connectivity index (χ1v) is 8.83. The SMILES string of the molecule is COc1ccc(N/N=C(/C#N)c2nc(C)c(N=Nc3ccccc3)s2)cc1. The van der Waals surface area contributed by atoms with Crippen molar-refractivity contribution >= 4 is 33.4 Å². The Kier molecular flexibility index (Phi) is 5.87. The van der Waals surface area contributed by atoms with Crippen LogP contribution in [0.25, 0.3) is 0 Å². The van der Waals surface area contributed by atoms with Crippen molar-refractivity contribution in [1.82, 2.24) is 4.98 Å². The van der Waals surface area contributed by atoms with Gasteiger partial charge in [0.15, 0.2) is 15.7 Å². The number of hydrogen-bond donors (Lipinski definition) is 1. The third-order valence-corrected chi connectivity index (χ3v) is 4.53. The second kappa shape index (κ2) is 8.69. The summed E-state index contributed by atoms with van der Waals surface area (Å²) in [6.07, 6.45) is 0. The minimum absolute atomic E-state index is 0.181. The van der Waals surface area contributed by atoms with Crippen molar-refractivity contribution in [3.05, 3.63) is 65.3 Å². The van der Waals surface area contributed by atoms with E-state index in [2.05, 4.69) is 31.8 Å². The lowest BCUT2D eigenvalue weighted by Crippen LogP contribution is -2.01. The lowest BCUT2D eigenvalue weighted by atomic mass is 10.3. The summed E-state index contributed by atoms with van der Waals surface area (Å²) >= 11 is 1.27. The number of aryl methyl sites for hydroxylation is 1. The predicted octanol–water partition coefficient (Wildman–Crippen LogP) is 5.22. The Hall–Kier alpha value is -3.57. The molecule has 0 atom stereocenters. The van der Waals surface area contributed by atoms with Gasteiger partial charge < -0.3 is 4.74 Å². The Morgan fingerprint density at radius 2 is 1.85 bits per heavy atom. The molecule has 0 aliphatic rings. The second-order valence-corrected chi connectivity index (χ2v) is 6.34. The predicted molar refractivity (Wildman–Crippen MR) is 106 cm³/mol. The van der Waals surface area contributed by atoms with E-state index >= 15 is 0 Å². The summed E-state index contributed by atoms with van der Waals surface area (Å²) in [6.45, 7) is 1.82. The van der Waals surface area contributed by atoms with Crippen LogP contribution < -0.4 is 10.2 Å². The van der Waals surface area contributed by atoms with E-state index in [0.717, 1.165) is 17.1 Å². The fourth-order valence-electron chi connectivity index (χ4n) is 2.09. The van der Waals surface area contributed by atoms with Crippen LogP contribution in [-0.4, -0.2) is 17.8 Å². The minimum Gasteiger partial charge on any atom is -0.497 e. The number of benzene rings is 2. The van der Waals surface area contributed by atoms with Gasteiger partial charge in [-0.05, 0) is 43.3 Å². The van der Waals surface area contributed by atoms with Gasteiger partial charge in [0.2, 0.25) is 0 Å².